The van der Waals surface area contributed by atoms with Gasteiger partial charge >= 0.3 is 5.97 Å². The maximum Gasteiger partial charge on any atom is 0.320 e. The van der Waals surface area contributed by atoms with Crippen molar-refractivity contribution in [3.8, 4) is 0 Å². The molecule has 0 saturated heterocycles. The third-order valence-corrected chi connectivity index (χ3v) is 2.95. The summed E-state index contributed by atoms with van der Waals surface area (Å²) in [6, 6.07) is -0.665. The number of nitrogens with zero attached hydrogens (tertiary/aromatic N) is 2. The molecule has 0 fully saturated rings. The number of aliphatic imine (C=N–C) groups is 1. The summed E-state index contributed by atoms with van der Waals surface area (Å²) in [6.45, 7) is 7.70. The van der Waals surface area contributed by atoms with Crippen LogP contribution in [0.2, 0.25) is 0 Å². The van der Waals surface area contributed by atoms with Crippen LogP contribution in [0.1, 0.15) is 40.5 Å². The fourth-order valence-corrected chi connectivity index (χ4v) is 2.17. The molecule has 0 aromatic carbocycles. The highest BCUT2D eigenvalue weighted by Gasteiger charge is 2.29. The highest BCUT2D eigenvalue weighted by Crippen LogP contribution is 2.21. The van der Waals surface area contributed by atoms with E-state index in [1.807, 2.05) is 27.7 Å². The molecule has 6 heteroatoms. The lowest BCUT2D eigenvalue weighted by Crippen LogP contribution is -2.49. The Morgan fingerprint density at radius 3 is 2.70 bits per heavy atom. The van der Waals surface area contributed by atoms with Crippen LogP contribution < -0.4 is 5.32 Å². The van der Waals surface area contributed by atoms with E-state index in [4.69, 9.17) is 0 Å². The van der Waals surface area contributed by atoms with Crippen LogP contribution in [-0.4, -0.2) is 40.3 Å². The molecule has 6 nitrogen and oxygen atoms in total. The van der Waals surface area contributed by atoms with Crippen LogP contribution >= 0.6 is 0 Å². The van der Waals surface area contributed by atoms with Crippen molar-refractivity contribution in [1.82, 2.24) is 10.2 Å². The number of aliphatic carboxylic acids is 1. The zero-order valence-electron chi connectivity index (χ0n) is 12.5. The predicted molar refractivity (Wildman–Crippen MR) is 77.2 cm³/mol. The largest absolute Gasteiger partial charge is 0.480 e. The van der Waals surface area contributed by atoms with Crippen LogP contribution in [0.4, 0.5) is 0 Å². The number of rotatable bonds is 7. The highest BCUT2D eigenvalue weighted by atomic mass is 16.4. The quantitative estimate of drug-likeness (QED) is 0.548. The second kappa shape index (κ2) is 7.19. The number of carbonyl (C=O) groups excluding carboxylic acids is 1. The van der Waals surface area contributed by atoms with E-state index in [2.05, 4.69) is 10.3 Å². The van der Waals surface area contributed by atoms with E-state index in [1.165, 1.54) is 4.90 Å². The highest BCUT2D eigenvalue weighted by molar-refractivity contribution is 5.80. The van der Waals surface area contributed by atoms with Crippen molar-refractivity contribution in [2.24, 2.45) is 10.9 Å². The van der Waals surface area contributed by atoms with Crippen molar-refractivity contribution in [3.05, 3.63) is 11.9 Å². The van der Waals surface area contributed by atoms with Gasteiger partial charge in [0.2, 0.25) is 6.41 Å². The summed E-state index contributed by atoms with van der Waals surface area (Å²) in [4.78, 5) is 28.1. The summed E-state index contributed by atoms with van der Waals surface area (Å²) in [5, 5.41) is 12.3. The average molecular weight is 281 g/mol. The van der Waals surface area contributed by atoms with Gasteiger partial charge in [-0.25, -0.2) is 0 Å². The van der Waals surface area contributed by atoms with E-state index < -0.39 is 12.0 Å². The predicted octanol–water partition coefficient (Wildman–Crippen LogP) is 1.59. The summed E-state index contributed by atoms with van der Waals surface area (Å²) in [7, 11) is 0. The number of carbonyl (C=O) groups is 2. The SMILES string of the molecule is CC(C)=NC1=CN(C=O)C(NC(CC(C)C)C(=O)O)C1. The van der Waals surface area contributed by atoms with Gasteiger partial charge in [-0.3, -0.25) is 19.9 Å². The fraction of sp³-hybridized carbons (Fsp3) is 0.643. The van der Waals surface area contributed by atoms with Crippen LogP contribution in [0, 0.1) is 5.92 Å². The first kappa shape index (κ1) is 16.4. The van der Waals surface area contributed by atoms with Gasteiger partial charge in [-0.2, -0.15) is 0 Å². The molecule has 0 aromatic rings. The van der Waals surface area contributed by atoms with Crippen molar-refractivity contribution >= 4 is 18.1 Å². The summed E-state index contributed by atoms with van der Waals surface area (Å²) in [6.07, 6.45) is 3.05. The first-order chi connectivity index (χ1) is 9.33. The minimum atomic E-state index is -0.895. The Labute approximate surface area is 119 Å². The molecule has 20 heavy (non-hydrogen) atoms. The molecular formula is C14H23N3O3. The van der Waals surface area contributed by atoms with Gasteiger partial charge in [-0.05, 0) is 26.2 Å². The number of hydrogen-bond acceptors (Lipinski definition) is 4. The summed E-state index contributed by atoms with van der Waals surface area (Å²) in [5.41, 5.74) is 1.68. The van der Waals surface area contributed by atoms with Crippen LogP contribution in [0.15, 0.2) is 16.9 Å². The van der Waals surface area contributed by atoms with E-state index in [-0.39, 0.29) is 12.1 Å². The summed E-state index contributed by atoms with van der Waals surface area (Å²) < 4.78 is 0. The summed E-state index contributed by atoms with van der Waals surface area (Å²) in [5.74, 6) is -0.633. The lowest BCUT2D eigenvalue weighted by molar-refractivity contribution is -0.140. The molecule has 1 rings (SSSR count). The van der Waals surface area contributed by atoms with E-state index >= 15 is 0 Å². The fourth-order valence-electron chi connectivity index (χ4n) is 2.17. The van der Waals surface area contributed by atoms with E-state index in [9.17, 15) is 14.7 Å². The van der Waals surface area contributed by atoms with Crippen molar-refractivity contribution in [2.45, 2.75) is 52.7 Å². The molecule has 0 spiro atoms. The van der Waals surface area contributed by atoms with Crippen molar-refractivity contribution < 1.29 is 14.7 Å². The Balaban J connectivity index is 2.74. The van der Waals surface area contributed by atoms with Crippen LogP contribution in [0.5, 0.6) is 0 Å². The van der Waals surface area contributed by atoms with Crippen molar-refractivity contribution in [1.29, 1.82) is 0 Å². The van der Waals surface area contributed by atoms with E-state index in [1.54, 1.807) is 6.20 Å². The van der Waals surface area contributed by atoms with E-state index in [0.29, 0.717) is 19.3 Å². The molecule has 0 radical (unpaired) electrons. The molecule has 0 aliphatic carbocycles. The first-order valence-corrected chi connectivity index (χ1v) is 6.77. The molecule has 0 bridgehead atoms. The van der Waals surface area contributed by atoms with Gasteiger partial charge in [0, 0.05) is 18.3 Å². The van der Waals surface area contributed by atoms with Gasteiger partial charge in [0.15, 0.2) is 0 Å². The number of nitrogens with one attached hydrogen (secondary N) is 1. The lowest BCUT2D eigenvalue weighted by Gasteiger charge is -2.25. The Bertz CT molecular complexity index is 425. The van der Waals surface area contributed by atoms with Crippen LogP contribution in [0.3, 0.4) is 0 Å². The van der Waals surface area contributed by atoms with Gasteiger partial charge in [0.1, 0.15) is 6.04 Å². The molecule has 0 aromatic heterocycles. The Morgan fingerprint density at radius 2 is 2.25 bits per heavy atom. The number of carboxylic acids is 1. The minimum absolute atomic E-state index is 0.262. The van der Waals surface area contributed by atoms with Crippen molar-refractivity contribution in [2.75, 3.05) is 0 Å². The van der Waals surface area contributed by atoms with Gasteiger partial charge < -0.3 is 10.0 Å². The summed E-state index contributed by atoms with van der Waals surface area (Å²) >= 11 is 0. The normalized spacial score (nSPS) is 19.8. The molecule has 2 atom stereocenters. The number of carboxylic acid groups (broad SMARTS) is 1. The Morgan fingerprint density at radius 1 is 1.60 bits per heavy atom. The number of hydrogen-bond donors (Lipinski definition) is 2. The Kier molecular flexibility index (Phi) is 5.88. The second-order valence-corrected chi connectivity index (χ2v) is 5.64. The van der Waals surface area contributed by atoms with E-state index in [0.717, 1.165) is 11.4 Å². The number of amides is 1. The molecule has 2 unspecified atom stereocenters. The topological polar surface area (TPSA) is 82.0 Å². The molecule has 1 amide bonds. The monoisotopic (exact) mass is 281 g/mol. The lowest BCUT2D eigenvalue weighted by atomic mass is 10.0. The molecular weight excluding hydrogens is 258 g/mol. The Hall–Kier alpha value is -1.69. The first-order valence-electron chi connectivity index (χ1n) is 6.77. The zero-order valence-corrected chi connectivity index (χ0v) is 12.5. The second-order valence-electron chi connectivity index (χ2n) is 5.64. The molecule has 0 saturated carbocycles. The van der Waals surface area contributed by atoms with Gasteiger partial charge in [0.25, 0.3) is 0 Å². The standard InChI is InChI=1S/C14H23N3O3/c1-9(2)5-12(14(19)20)16-13-6-11(15-10(3)4)7-17(13)8-18/h7-9,12-13,16H,5-6H2,1-4H3,(H,19,20). The zero-order chi connectivity index (χ0) is 15.3. The van der Waals surface area contributed by atoms with Gasteiger partial charge in [0.05, 0.1) is 11.9 Å². The van der Waals surface area contributed by atoms with Gasteiger partial charge in [-0.1, -0.05) is 13.8 Å². The smallest absolute Gasteiger partial charge is 0.320 e. The maximum absolute atomic E-state index is 11.3. The average Bonchev–Trinajstić information content (AvgIpc) is 2.68. The molecule has 2 N–H and O–H groups in total. The van der Waals surface area contributed by atoms with Crippen molar-refractivity contribution in [3.63, 3.8) is 0 Å². The molecule has 112 valence electrons. The minimum Gasteiger partial charge on any atom is -0.480 e. The van der Waals surface area contributed by atoms with Gasteiger partial charge in [-0.15, -0.1) is 0 Å². The third-order valence-electron chi connectivity index (χ3n) is 2.95. The molecule has 1 aliphatic rings. The third kappa shape index (κ3) is 4.77. The molecule has 1 aliphatic heterocycles. The molecule has 1 heterocycles. The van der Waals surface area contributed by atoms with Crippen LogP contribution in [0.25, 0.3) is 0 Å². The van der Waals surface area contributed by atoms with Crippen LogP contribution in [-0.2, 0) is 9.59 Å². The maximum atomic E-state index is 11.3.